The minimum atomic E-state index is -4.53. The van der Waals surface area contributed by atoms with Gasteiger partial charge in [0, 0.05) is 33.1 Å². The average molecular weight is 464 g/mol. The molecular formula is C17H19F3N4O4S2. The molecule has 30 heavy (non-hydrogen) atoms. The van der Waals surface area contributed by atoms with E-state index in [1.165, 1.54) is 16.1 Å². The van der Waals surface area contributed by atoms with Crippen LogP contribution in [0, 0.1) is 6.92 Å². The number of piperazine rings is 1. The van der Waals surface area contributed by atoms with Gasteiger partial charge in [-0.25, -0.2) is 8.42 Å². The van der Waals surface area contributed by atoms with Crippen LogP contribution in [0.4, 0.5) is 13.2 Å². The number of carbonyl (C=O) groups is 1. The zero-order valence-electron chi connectivity index (χ0n) is 15.9. The molecule has 8 nitrogen and oxygen atoms in total. The smallest absolute Gasteiger partial charge is 0.340 e. The van der Waals surface area contributed by atoms with Crippen molar-refractivity contribution in [2.24, 2.45) is 0 Å². The van der Waals surface area contributed by atoms with E-state index in [0.717, 1.165) is 24.3 Å². The standard InChI is InChI=1S/C17H19F3N4O4S2/c1-12-21-15(22-28-12)10-29-11-16(25)23-6-8-24(9-7-23)30(26,27)14-4-2-13(3-5-14)17(18,19)20/h2-5H,6-11H2,1H3. The second-order valence-electron chi connectivity index (χ2n) is 6.53. The molecule has 3 rings (SSSR count). The number of hydrogen-bond donors (Lipinski definition) is 0. The molecule has 0 saturated carbocycles. The summed E-state index contributed by atoms with van der Waals surface area (Å²) in [6.07, 6.45) is -4.53. The van der Waals surface area contributed by atoms with Crippen LogP contribution < -0.4 is 0 Å². The van der Waals surface area contributed by atoms with E-state index >= 15 is 0 Å². The molecule has 0 atom stereocenters. The van der Waals surface area contributed by atoms with Gasteiger partial charge in [0.15, 0.2) is 5.82 Å². The zero-order valence-corrected chi connectivity index (χ0v) is 17.6. The van der Waals surface area contributed by atoms with Gasteiger partial charge < -0.3 is 9.42 Å². The first-order valence-electron chi connectivity index (χ1n) is 8.89. The van der Waals surface area contributed by atoms with Crippen molar-refractivity contribution in [2.45, 2.75) is 23.7 Å². The molecule has 164 valence electrons. The summed E-state index contributed by atoms with van der Waals surface area (Å²) < 4.78 is 69.4. The highest BCUT2D eigenvalue weighted by Gasteiger charge is 2.33. The molecular weight excluding hydrogens is 445 g/mol. The fraction of sp³-hybridized carbons (Fsp3) is 0.471. The van der Waals surface area contributed by atoms with Crippen LogP contribution >= 0.6 is 11.8 Å². The first kappa shape index (κ1) is 22.6. The maximum atomic E-state index is 12.7. The fourth-order valence-corrected chi connectivity index (χ4v) is 5.04. The van der Waals surface area contributed by atoms with Gasteiger partial charge in [-0.3, -0.25) is 4.79 Å². The molecule has 0 spiro atoms. The van der Waals surface area contributed by atoms with Crippen LogP contribution in [0.2, 0.25) is 0 Å². The Hall–Kier alpha value is -2.12. The largest absolute Gasteiger partial charge is 0.416 e. The lowest BCUT2D eigenvalue weighted by atomic mass is 10.2. The van der Waals surface area contributed by atoms with Crippen molar-refractivity contribution < 1.29 is 30.9 Å². The van der Waals surface area contributed by atoms with Crippen LogP contribution in [0.3, 0.4) is 0 Å². The van der Waals surface area contributed by atoms with Gasteiger partial charge in [0.25, 0.3) is 0 Å². The molecule has 13 heteroatoms. The Labute approximate surface area is 175 Å². The maximum Gasteiger partial charge on any atom is 0.416 e. The first-order valence-corrected chi connectivity index (χ1v) is 11.5. The monoisotopic (exact) mass is 464 g/mol. The van der Waals surface area contributed by atoms with Crippen molar-refractivity contribution in [1.82, 2.24) is 19.3 Å². The lowest BCUT2D eigenvalue weighted by molar-refractivity contribution is -0.137. The average Bonchev–Trinajstić information content (AvgIpc) is 3.12. The second-order valence-corrected chi connectivity index (χ2v) is 9.45. The highest BCUT2D eigenvalue weighted by atomic mass is 32.2. The van der Waals surface area contributed by atoms with Crippen LogP contribution in [0.25, 0.3) is 0 Å². The number of halogens is 3. The topological polar surface area (TPSA) is 96.6 Å². The number of carbonyl (C=O) groups excluding carboxylic acids is 1. The van der Waals surface area contributed by atoms with Crippen LogP contribution in [0.5, 0.6) is 0 Å². The van der Waals surface area contributed by atoms with E-state index in [2.05, 4.69) is 10.1 Å². The molecule has 1 aromatic heterocycles. The van der Waals surface area contributed by atoms with Crippen molar-refractivity contribution in [3.63, 3.8) is 0 Å². The molecule has 2 aromatic rings. The fourth-order valence-electron chi connectivity index (χ4n) is 2.86. The van der Waals surface area contributed by atoms with E-state index in [1.54, 1.807) is 11.8 Å². The lowest BCUT2D eigenvalue weighted by Crippen LogP contribution is -2.51. The quantitative estimate of drug-likeness (QED) is 0.646. The Balaban J connectivity index is 1.51. The highest BCUT2D eigenvalue weighted by molar-refractivity contribution is 7.99. The number of aryl methyl sites for hydroxylation is 1. The van der Waals surface area contributed by atoms with Gasteiger partial charge in [-0.1, -0.05) is 5.16 Å². The molecule has 0 bridgehead atoms. The van der Waals surface area contributed by atoms with Crippen molar-refractivity contribution in [3.8, 4) is 0 Å². The van der Waals surface area contributed by atoms with Gasteiger partial charge in [0.1, 0.15) is 0 Å². The third kappa shape index (κ3) is 5.32. The van der Waals surface area contributed by atoms with Gasteiger partial charge in [0.2, 0.25) is 21.8 Å². The Bertz CT molecular complexity index is 985. The van der Waals surface area contributed by atoms with Gasteiger partial charge in [-0.05, 0) is 24.3 Å². The normalized spacial score (nSPS) is 16.1. The Morgan fingerprint density at radius 2 is 1.80 bits per heavy atom. The first-order chi connectivity index (χ1) is 14.1. The van der Waals surface area contributed by atoms with E-state index < -0.39 is 21.8 Å². The number of sulfonamides is 1. The molecule has 0 unspecified atom stereocenters. The Morgan fingerprint density at radius 3 is 2.33 bits per heavy atom. The third-order valence-electron chi connectivity index (χ3n) is 4.44. The molecule has 2 heterocycles. The number of aromatic nitrogens is 2. The summed E-state index contributed by atoms with van der Waals surface area (Å²) in [6, 6.07) is 3.39. The molecule has 1 aromatic carbocycles. The van der Waals surface area contributed by atoms with E-state index in [9.17, 15) is 26.4 Å². The number of thioether (sulfide) groups is 1. The summed E-state index contributed by atoms with van der Waals surface area (Å²) in [5.41, 5.74) is -0.912. The van der Waals surface area contributed by atoms with Crippen molar-refractivity contribution in [3.05, 3.63) is 41.5 Å². The summed E-state index contributed by atoms with van der Waals surface area (Å²) in [4.78, 5) is 17.7. The Kier molecular flexibility index (Phi) is 6.72. The van der Waals surface area contributed by atoms with Crippen LogP contribution in [-0.2, 0) is 26.7 Å². The molecule has 0 N–H and O–H groups in total. The summed E-state index contributed by atoms with van der Waals surface area (Å²) >= 11 is 1.33. The van der Waals surface area contributed by atoms with Gasteiger partial charge in [-0.15, -0.1) is 11.8 Å². The summed E-state index contributed by atoms with van der Waals surface area (Å²) in [5, 5.41) is 3.74. The van der Waals surface area contributed by atoms with Gasteiger partial charge in [-0.2, -0.15) is 22.5 Å². The predicted octanol–water partition coefficient (Wildman–Crippen LogP) is 2.16. The minimum Gasteiger partial charge on any atom is -0.340 e. The van der Waals surface area contributed by atoms with Crippen molar-refractivity contribution in [2.75, 3.05) is 31.9 Å². The summed E-state index contributed by atoms with van der Waals surface area (Å²) in [6.45, 7) is 2.24. The Morgan fingerprint density at radius 1 is 1.17 bits per heavy atom. The molecule has 0 aliphatic carbocycles. The van der Waals surface area contributed by atoms with Gasteiger partial charge in [0.05, 0.1) is 22.0 Å². The third-order valence-corrected chi connectivity index (χ3v) is 7.26. The lowest BCUT2D eigenvalue weighted by Gasteiger charge is -2.34. The van der Waals surface area contributed by atoms with Crippen LogP contribution in [0.15, 0.2) is 33.7 Å². The maximum absolute atomic E-state index is 12.7. The predicted molar refractivity (Wildman–Crippen MR) is 102 cm³/mol. The number of hydrogen-bond acceptors (Lipinski definition) is 7. The highest BCUT2D eigenvalue weighted by Crippen LogP contribution is 2.30. The number of benzene rings is 1. The summed E-state index contributed by atoms with van der Waals surface area (Å²) in [7, 11) is -3.93. The van der Waals surface area contributed by atoms with Crippen LogP contribution in [0.1, 0.15) is 17.3 Å². The zero-order chi connectivity index (χ0) is 21.9. The number of rotatable bonds is 6. The number of nitrogens with zero attached hydrogens (tertiary/aromatic N) is 4. The van der Waals surface area contributed by atoms with Crippen molar-refractivity contribution >= 4 is 27.7 Å². The molecule has 1 amide bonds. The molecule has 1 aliphatic rings. The molecule has 0 radical (unpaired) electrons. The minimum absolute atomic E-state index is 0.0732. The SMILES string of the molecule is Cc1nc(CSCC(=O)N2CCN(S(=O)(=O)c3ccc(C(F)(F)F)cc3)CC2)no1. The number of amides is 1. The van der Waals surface area contributed by atoms with Gasteiger partial charge >= 0.3 is 6.18 Å². The number of alkyl halides is 3. The van der Waals surface area contributed by atoms with Crippen LogP contribution in [-0.4, -0.2) is 65.6 Å². The van der Waals surface area contributed by atoms with Crippen molar-refractivity contribution in [1.29, 1.82) is 0 Å². The molecule has 1 saturated heterocycles. The summed E-state index contributed by atoms with van der Waals surface area (Å²) in [5.74, 6) is 1.43. The van der Waals surface area contributed by atoms with E-state index in [4.69, 9.17) is 4.52 Å². The molecule has 1 aliphatic heterocycles. The van der Waals surface area contributed by atoms with E-state index in [0.29, 0.717) is 17.5 Å². The molecule has 1 fully saturated rings. The second kappa shape index (κ2) is 8.94. The van der Waals surface area contributed by atoms with E-state index in [1.807, 2.05) is 0 Å². The van der Waals surface area contributed by atoms with E-state index in [-0.39, 0.29) is 42.7 Å².